The molecule has 4 aromatic rings. The Hall–Kier alpha value is -3.85. The Morgan fingerprint density at radius 1 is 0.944 bits per heavy atom. The zero-order chi connectivity index (χ0) is 25.4. The number of anilines is 2. The molecule has 1 aliphatic rings. The van der Waals surface area contributed by atoms with Crippen LogP contribution in [0.1, 0.15) is 5.56 Å². The molecule has 0 fully saturated rings. The van der Waals surface area contributed by atoms with Crippen molar-refractivity contribution in [3.05, 3.63) is 71.4 Å². The Kier molecular flexibility index (Phi) is 6.17. The molecule has 0 bridgehead atoms. The van der Waals surface area contributed by atoms with Gasteiger partial charge in [0.1, 0.15) is 23.9 Å². The van der Waals surface area contributed by atoms with Crippen molar-refractivity contribution in [2.75, 3.05) is 32.3 Å². The Balaban J connectivity index is 1.48. The Bertz CT molecular complexity index is 1450. The SMILES string of the molecule is COc1cc2nccc(Oc3ccc4c(c3)OCCN4c3ccc(Cl)c(C(F)(F)F)c3)c2cc1OC. The largest absolute Gasteiger partial charge is 0.493 e. The molecule has 0 atom stereocenters. The lowest BCUT2D eigenvalue weighted by Gasteiger charge is -2.32. The molecule has 0 amide bonds. The van der Waals surface area contributed by atoms with Crippen molar-refractivity contribution in [1.82, 2.24) is 4.98 Å². The van der Waals surface area contributed by atoms with E-state index in [1.54, 1.807) is 67.8 Å². The van der Waals surface area contributed by atoms with Crippen molar-refractivity contribution in [2.24, 2.45) is 0 Å². The van der Waals surface area contributed by atoms with Gasteiger partial charge in [0.2, 0.25) is 0 Å². The van der Waals surface area contributed by atoms with Crippen LogP contribution < -0.4 is 23.8 Å². The van der Waals surface area contributed by atoms with Crippen LogP contribution in [0.5, 0.6) is 28.7 Å². The van der Waals surface area contributed by atoms with Gasteiger partial charge in [0.25, 0.3) is 0 Å². The molecule has 186 valence electrons. The number of benzene rings is 3. The second-order valence-corrected chi connectivity index (χ2v) is 8.33. The van der Waals surface area contributed by atoms with E-state index in [-0.39, 0.29) is 11.6 Å². The first kappa shape index (κ1) is 23.9. The summed E-state index contributed by atoms with van der Waals surface area (Å²) in [7, 11) is 3.10. The summed E-state index contributed by atoms with van der Waals surface area (Å²) in [6, 6.07) is 14.3. The standard InChI is InChI=1S/C26H20ClF3N2O4/c1-33-24-13-17-20(14-25(24)34-2)31-8-7-22(17)36-16-4-6-21-23(12-16)35-10-9-32(21)15-3-5-19(27)18(11-15)26(28,29)30/h3-8,11-14H,9-10H2,1-2H3. The van der Waals surface area contributed by atoms with E-state index in [0.29, 0.717) is 52.2 Å². The molecule has 36 heavy (non-hydrogen) atoms. The van der Waals surface area contributed by atoms with Crippen LogP contribution in [0, 0.1) is 0 Å². The Morgan fingerprint density at radius 3 is 2.47 bits per heavy atom. The van der Waals surface area contributed by atoms with E-state index in [9.17, 15) is 13.2 Å². The summed E-state index contributed by atoms with van der Waals surface area (Å²) in [5.74, 6) is 2.60. The highest BCUT2D eigenvalue weighted by molar-refractivity contribution is 6.31. The smallest absolute Gasteiger partial charge is 0.417 e. The maximum atomic E-state index is 13.4. The number of alkyl halides is 3. The van der Waals surface area contributed by atoms with Crippen molar-refractivity contribution < 1.29 is 32.1 Å². The van der Waals surface area contributed by atoms with Gasteiger partial charge < -0.3 is 23.8 Å². The molecule has 2 heterocycles. The first-order valence-corrected chi connectivity index (χ1v) is 11.3. The zero-order valence-corrected chi connectivity index (χ0v) is 20.0. The van der Waals surface area contributed by atoms with Crippen LogP contribution in [0.2, 0.25) is 5.02 Å². The quantitative estimate of drug-likeness (QED) is 0.278. The van der Waals surface area contributed by atoms with Crippen LogP contribution in [0.4, 0.5) is 24.5 Å². The van der Waals surface area contributed by atoms with E-state index < -0.39 is 11.7 Å². The summed E-state index contributed by atoms with van der Waals surface area (Å²) in [5, 5.41) is 0.374. The summed E-state index contributed by atoms with van der Waals surface area (Å²) in [4.78, 5) is 6.13. The highest BCUT2D eigenvalue weighted by atomic mass is 35.5. The van der Waals surface area contributed by atoms with E-state index in [4.69, 9.17) is 30.5 Å². The highest BCUT2D eigenvalue weighted by Crippen LogP contribution is 2.43. The molecule has 5 rings (SSSR count). The Morgan fingerprint density at radius 2 is 1.72 bits per heavy atom. The van der Waals surface area contributed by atoms with Crippen molar-refractivity contribution >= 4 is 33.9 Å². The molecule has 3 aromatic carbocycles. The van der Waals surface area contributed by atoms with Gasteiger partial charge in [0.15, 0.2) is 11.5 Å². The maximum absolute atomic E-state index is 13.4. The molecule has 0 unspecified atom stereocenters. The number of ether oxygens (including phenoxy) is 4. The van der Waals surface area contributed by atoms with Crippen molar-refractivity contribution in [2.45, 2.75) is 6.18 Å². The van der Waals surface area contributed by atoms with Gasteiger partial charge in [-0.15, -0.1) is 0 Å². The molecule has 0 aliphatic carbocycles. The van der Waals surface area contributed by atoms with E-state index in [1.807, 2.05) is 0 Å². The number of pyridine rings is 1. The van der Waals surface area contributed by atoms with Gasteiger partial charge in [0.05, 0.1) is 42.6 Å². The molecular weight excluding hydrogens is 497 g/mol. The highest BCUT2D eigenvalue weighted by Gasteiger charge is 2.34. The molecule has 6 nitrogen and oxygen atoms in total. The number of hydrogen-bond donors (Lipinski definition) is 0. The fraction of sp³-hybridized carbons (Fsp3) is 0.192. The number of aromatic nitrogens is 1. The van der Waals surface area contributed by atoms with Gasteiger partial charge >= 0.3 is 6.18 Å². The number of hydrogen-bond acceptors (Lipinski definition) is 6. The molecule has 0 saturated carbocycles. The fourth-order valence-corrected chi connectivity index (χ4v) is 4.32. The summed E-state index contributed by atoms with van der Waals surface area (Å²) in [6.07, 6.45) is -2.93. The molecule has 0 saturated heterocycles. The zero-order valence-electron chi connectivity index (χ0n) is 19.2. The van der Waals surface area contributed by atoms with E-state index in [1.165, 1.54) is 6.07 Å². The molecule has 0 radical (unpaired) electrons. The number of halogens is 4. The minimum Gasteiger partial charge on any atom is -0.493 e. The lowest BCUT2D eigenvalue weighted by atomic mass is 10.1. The molecular formula is C26H20ClF3N2O4. The van der Waals surface area contributed by atoms with Crippen LogP contribution in [-0.4, -0.2) is 32.4 Å². The number of nitrogens with zero attached hydrogens (tertiary/aromatic N) is 2. The van der Waals surface area contributed by atoms with Gasteiger partial charge in [-0.2, -0.15) is 13.2 Å². The third-order valence-corrected chi connectivity index (χ3v) is 6.13. The molecule has 0 N–H and O–H groups in total. The van der Waals surface area contributed by atoms with Crippen LogP contribution >= 0.6 is 11.6 Å². The second kappa shape index (κ2) is 9.31. The van der Waals surface area contributed by atoms with E-state index in [2.05, 4.69) is 4.98 Å². The first-order chi connectivity index (χ1) is 17.3. The molecule has 1 aromatic heterocycles. The maximum Gasteiger partial charge on any atom is 0.417 e. The fourth-order valence-electron chi connectivity index (χ4n) is 4.09. The van der Waals surface area contributed by atoms with Crippen molar-refractivity contribution in [3.8, 4) is 28.7 Å². The molecule has 0 spiro atoms. The minimum atomic E-state index is -4.56. The van der Waals surface area contributed by atoms with Crippen LogP contribution in [0.3, 0.4) is 0 Å². The molecule has 1 aliphatic heterocycles. The van der Waals surface area contributed by atoms with Gasteiger partial charge in [-0.3, -0.25) is 4.98 Å². The van der Waals surface area contributed by atoms with Crippen LogP contribution in [0.25, 0.3) is 10.9 Å². The average molecular weight is 517 g/mol. The van der Waals surface area contributed by atoms with Crippen molar-refractivity contribution in [3.63, 3.8) is 0 Å². The summed E-state index contributed by atoms with van der Waals surface area (Å²) in [5.41, 5.74) is 0.765. The van der Waals surface area contributed by atoms with Crippen LogP contribution in [-0.2, 0) is 6.18 Å². The lowest BCUT2D eigenvalue weighted by molar-refractivity contribution is -0.137. The Labute approximate surface area is 209 Å². The predicted molar refractivity (Wildman–Crippen MR) is 130 cm³/mol. The van der Waals surface area contributed by atoms with Gasteiger partial charge in [-0.1, -0.05) is 11.6 Å². The van der Waals surface area contributed by atoms with Gasteiger partial charge in [-0.25, -0.2) is 0 Å². The summed E-state index contributed by atoms with van der Waals surface area (Å²) in [6.45, 7) is 0.665. The first-order valence-electron chi connectivity index (χ1n) is 10.9. The monoisotopic (exact) mass is 516 g/mol. The lowest BCUT2D eigenvalue weighted by Crippen LogP contribution is -2.28. The third-order valence-electron chi connectivity index (χ3n) is 5.80. The topological polar surface area (TPSA) is 53.0 Å². The predicted octanol–water partition coefficient (Wildman–Crippen LogP) is 7.25. The van der Waals surface area contributed by atoms with Crippen molar-refractivity contribution in [1.29, 1.82) is 0 Å². The normalized spacial score (nSPS) is 13.2. The second-order valence-electron chi connectivity index (χ2n) is 7.93. The van der Waals surface area contributed by atoms with Gasteiger partial charge in [-0.05, 0) is 42.5 Å². The summed E-state index contributed by atoms with van der Waals surface area (Å²) >= 11 is 5.80. The molecule has 10 heteroatoms. The number of fused-ring (bicyclic) bond motifs is 2. The minimum absolute atomic E-state index is 0.287. The van der Waals surface area contributed by atoms with E-state index >= 15 is 0 Å². The van der Waals surface area contributed by atoms with Crippen LogP contribution in [0.15, 0.2) is 60.8 Å². The third kappa shape index (κ3) is 4.42. The number of methoxy groups -OCH3 is 2. The van der Waals surface area contributed by atoms with Gasteiger partial charge in [0, 0.05) is 29.4 Å². The number of rotatable bonds is 5. The summed E-state index contributed by atoms with van der Waals surface area (Å²) < 4.78 is 62.9. The average Bonchev–Trinajstić information content (AvgIpc) is 2.87. The van der Waals surface area contributed by atoms with E-state index in [0.717, 1.165) is 11.5 Å².